The number of allylic oxidation sites excluding steroid dienone is 5. The third kappa shape index (κ3) is 10.7. The second-order valence-electron chi connectivity index (χ2n) is 17.9. The summed E-state index contributed by atoms with van der Waals surface area (Å²) in [6.45, 7) is 7.16. The van der Waals surface area contributed by atoms with Gasteiger partial charge in [0.05, 0.1) is 17.7 Å². The number of fused-ring (bicyclic) bond motifs is 3. The molecule has 9 N–H and O–H groups in total. The Bertz CT molecular complexity index is 2460. The van der Waals surface area contributed by atoms with Gasteiger partial charge in [-0.05, 0) is 109 Å². The summed E-state index contributed by atoms with van der Waals surface area (Å²) >= 11 is 0. The van der Waals surface area contributed by atoms with Gasteiger partial charge in [0, 0.05) is 30.5 Å². The topological polar surface area (TPSA) is 235 Å². The van der Waals surface area contributed by atoms with Gasteiger partial charge in [0.2, 0.25) is 12.4 Å². The number of amides is 1. The normalized spacial score (nSPS) is 29.4. The first-order chi connectivity index (χ1) is 32.9. The lowest BCUT2D eigenvalue weighted by Crippen LogP contribution is -2.72. The molecule has 17 heteroatoms. The van der Waals surface area contributed by atoms with E-state index >= 15 is 0 Å². The number of carboxylic acids is 1. The van der Waals surface area contributed by atoms with Gasteiger partial charge in [-0.1, -0.05) is 96.1 Å². The number of β-amino-alcohol motifs (C(OH)–C–C–N with tert-alkyl or cyclic N) is 1. The number of phenols is 1. The number of ether oxygens (including phenoxy) is 4. The Morgan fingerprint density at radius 2 is 1.90 bits per heavy atom. The van der Waals surface area contributed by atoms with Crippen LogP contribution in [0.1, 0.15) is 61.3 Å². The van der Waals surface area contributed by atoms with Crippen LogP contribution in [0, 0.1) is 17.8 Å². The molecule has 10 atom stereocenters. The molecule has 0 aromatic heterocycles. The van der Waals surface area contributed by atoms with E-state index in [2.05, 4.69) is 78.0 Å². The Labute approximate surface area is 404 Å². The summed E-state index contributed by atoms with van der Waals surface area (Å²) in [6, 6.07) is 18.8. The number of hydrogen-bond acceptors (Lipinski definition) is 15. The number of nitrogens with one attached hydrogen (secondary N) is 2. The number of phenolic OH excluding ortho intramolecular Hbond substituents is 1. The highest BCUT2D eigenvalue weighted by molar-refractivity contribution is 8.76. The van der Waals surface area contributed by atoms with Crippen molar-refractivity contribution in [2.24, 2.45) is 28.5 Å². The Morgan fingerprint density at radius 1 is 1.09 bits per heavy atom. The van der Waals surface area contributed by atoms with Gasteiger partial charge in [-0.25, -0.2) is 4.79 Å². The van der Waals surface area contributed by atoms with Gasteiger partial charge >= 0.3 is 5.97 Å². The standard InChI is InChI=1S/C51H60N4O11S2/c1-3-20-53-21-18-31-11-10-30(36-6-4-5-7-37(31)36)9-8-29(2)39-25-55-27-51(62)47(63-28-68-67-26-40(39)33-19-22-54-24-33)44(58)46(49(60)61)66-50(51)64-35-16-17-38-41(23-35)65-45(48(52)59)42(43(38)57)32-12-14-34(56)15-13-32/h4-7,9-17,19,23-24,29,31,39-40,44-47,50,53,55-58,62H,3,8,18,20-22,25-28H2,1-2H3,(H2,52,59)(H,60,61)/b30-9+/t29-,31+,39+,40-,44+,45?,46-,47-,50+,51+/m0/s1. The second-order valence-corrected chi connectivity index (χ2v) is 20.3. The predicted octanol–water partition coefficient (Wildman–Crippen LogP) is 6.07. The van der Waals surface area contributed by atoms with Crippen LogP contribution >= 0.6 is 21.6 Å². The molecule has 2 saturated heterocycles. The van der Waals surface area contributed by atoms with E-state index in [4.69, 9.17) is 24.7 Å². The van der Waals surface area contributed by atoms with E-state index in [1.807, 2.05) is 6.21 Å². The fourth-order valence-electron chi connectivity index (χ4n) is 9.75. The number of primary amides is 1. The molecule has 2 fully saturated rings. The molecule has 1 unspecified atom stereocenters. The molecule has 4 heterocycles. The number of aliphatic carboxylic acids is 1. The van der Waals surface area contributed by atoms with E-state index in [1.54, 1.807) is 10.8 Å². The Morgan fingerprint density at radius 3 is 2.65 bits per heavy atom. The number of benzene rings is 3. The van der Waals surface area contributed by atoms with E-state index in [0.717, 1.165) is 43.7 Å². The van der Waals surface area contributed by atoms with Crippen LogP contribution in [0.5, 0.6) is 17.2 Å². The minimum atomic E-state index is -2.17. The maximum atomic E-state index is 12.8. The number of carbonyl (C=O) groups excluding carboxylic acids is 1. The quantitative estimate of drug-likeness (QED) is 0.0677. The number of carboxylic acid groups (broad SMARTS) is 1. The van der Waals surface area contributed by atoms with Crippen LogP contribution < -0.4 is 25.8 Å². The molecule has 5 aliphatic rings. The van der Waals surface area contributed by atoms with Gasteiger partial charge in [-0.15, -0.1) is 0 Å². The lowest BCUT2D eigenvalue weighted by molar-refractivity contribution is -0.316. The molecule has 8 rings (SSSR count). The molecule has 15 nitrogen and oxygen atoms in total. The van der Waals surface area contributed by atoms with Crippen molar-refractivity contribution in [3.63, 3.8) is 0 Å². The Kier molecular flexibility index (Phi) is 16.0. The molecular weight excluding hydrogens is 909 g/mol. The van der Waals surface area contributed by atoms with Crippen molar-refractivity contribution in [2.45, 2.75) is 75.3 Å². The maximum Gasteiger partial charge on any atom is 0.335 e. The average molecular weight is 969 g/mol. The fraction of sp³-hybridized carbons (Fsp3) is 0.431. The summed E-state index contributed by atoms with van der Waals surface area (Å²) in [5.74, 6) is -1.35. The zero-order valence-corrected chi connectivity index (χ0v) is 39.7. The van der Waals surface area contributed by atoms with Gasteiger partial charge in [-0.2, -0.15) is 0 Å². The minimum absolute atomic E-state index is 0.00247. The van der Waals surface area contributed by atoms with E-state index in [-0.39, 0.29) is 64.4 Å². The molecule has 3 aromatic rings. The number of carbonyl (C=O) groups is 2. The van der Waals surface area contributed by atoms with E-state index in [1.165, 1.54) is 70.0 Å². The summed E-state index contributed by atoms with van der Waals surface area (Å²) in [4.78, 5) is 29.8. The number of aliphatic hydroxyl groups is 3. The number of aliphatic hydroxyl groups excluding tert-OH is 2. The van der Waals surface area contributed by atoms with Crippen molar-refractivity contribution in [3.8, 4) is 17.2 Å². The largest absolute Gasteiger partial charge is 0.508 e. The van der Waals surface area contributed by atoms with Crippen LogP contribution in [-0.4, -0.2) is 124 Å². The van der Waals surface area contributed by atoms with Gasteiger partial charge in [-0.3, -0.25) is 9.79 Å². The second kappa shape index (κ2) is 22.1. The van der Waals surface area contributed by atoms with Crippen molar-refractivity contribution in [3.05, 3.63) is 119 Å². The number of hydrogen-bond donors (Lipinski definition) is 8. The minimum Gasteiger partial charge on any atom is -0.508 e. The summed E-state index contributed by atoms with van der Waals surface area (Å²) in [6.07, 6.45) is 5.64. The third-order valence-electron chi connectivity index (χ3n) is 13.4. The zero-order chi connectivity index (χ0) is 48.0. The van der Waals surface area contributed by atoms with Gasteiger partial charge in [0.1, 0.15) is 41.2 Å². The van der Waals surface area contributed by atoms with Gasteiger partial charge in [0.25, 0.3) is 5.91 Å². The zero-order valence-electron chi connectivity index (χ0n) is 38.0. The Balaban J connectivity index is 1.06. The molecule has 0 bridgehead atoms. The SMILES string of the molecule is CCCNCC[C@H]1C=C/C(=C\C[C@H](C)[C@H]2CNC[C@]3(O)[C@H](Oc4ccc5c(c4)OC(C(N)=O)C(c4ccc(O)cc4)=C5O)O[C@H](C(=O)O)[C@@H](O)[C@@H]3OCSSC[C@H]2C2=CCN=C2)c2ccccc21. The third-order valence-corrected chi connectivity index (χ3v) is 15.5. The predicted molar refractivity (Wildman–Crippen MR) is 264 cm³/mol. The summed E-state index contributed by atoms with van der Waals surface area (Å²) in [7, 11) is 3.00. The molecule has 0 saturated carbocycles. The highest BCUT2D eigenvalue weighted by Crippen LogP contribution is 2.44. The van der Waals surface area contributed by atoms with Crippen LogP contribution in [0.3, 0.4) is 0 Å². The molecule has 4 aliphatic heterocycles. The highest BCUT2D eigenvalue weighted by Gasteiger charge is 2.59. The summed E-state index contributed by atoms with van der Waals surface area (Å²) in [5.41, 5.74) is 9.17. The first kappa shape index (κ1) is 49.3. The molecule has 0 radical (unpaired) electrons. The van der Waals surface area contributed by atoms with Crippen molar-refractivity contribution in [1.29, 1.82) is 0 Å². The smallest absolute Gasteiger partial charge is 0.335 e. The first-order valence-electron chi connectivity index (χ1n) is 23.1. The van der Waals surface area contributed by atoms with Crippen molar-refractivity contribution in [2.75, 3.05) is 44.4 Å². The molecule has 68 heavy (non-hydrogen) atoms. The molecular formula is C51H60N4O11S2. The van der Waals surface area contributed by atoms with Crippen molar-refractivity contribution >= 4 is 56.6 Å². The van der Waals surface area contributed by atoms with E-state index in [0.29, 0.717) is 24.6 Å². The molecule has 1 amide bonds. The fourth-order valence-corrected chi connectivity index (χ4v) is 11.8. The molecule has 0 spiro atoms. The number of rotatable bonds is 14. The summed E-state index contributed by atoms with van der Waals surface area (Å²) in [5, 5.41) is 62.9. The van der Waals surface area contributed by atoms with E-state index in [9.17, 15) is 35.1 Å². The van der Waals surface area contributed by atoms with Crippen LogP contribution in [0.4, 0.5) is 0 Å². The van der Waals surface area contributed by atoms with Crippen LogP contribution in [0.25, 0.3) is 16.9 Å². The number of nitrogens with zero attached hydrogens (tertiary/aromatic N) is 1. The molecule has 362 valence electrons. The van der Waals surface area contributed by atoms with Crippen LogP contribution in [0.15, 0.2) is 102 Å². The van der Waals surface area contributed by atoms with Crippen LogP contribution in [-0.2, 0) is 19.1 Å². The Hall–Kier alpha value is -5.11. The highest BCUT2D eigenvalue weighted by atomic mass is 33.1. The number of nitrogens with two attached hydrogens (primary N) is 1. The number of aliphatic imine (C=N–C) groups is 1. The molecule has 1 aliphatic carbocycles. The van der Waals surface area contributed by atoms with Crippen LogP contribution in [0.2, 0.25) is 0 Å². The maximum absolute atomic E-state index is 12.8. The average Bonchev–Trinajstić information content (AvgIpc) is 3.87. The monoisotopic (exact) mass is 968 g/mol. The molecule has 3 aromatic carbocycles. The summed E-state index contributed by atoms with van der Waals surface area (Å²) < 4.78 is 24.5. The number of aromatic hydroxyl groups is 1. The van der Waals surface area contributed by atoms with E-state index < -0.39 is 48.2 Å². The van der Waals surface area contributed by atoms with Gasteiger partial charge < -0.3 is 60.8 Å². The van der Waals surface area contributed by atoms with Gasteiger partial charge in [0.15, 0.2) is 11.7 Å². The van der Waals surface area contributed by atoms with Crippen molar-refractivity contribution < 1.29 is 54.1 Å². The lowest BCUT2D eigenvalue weighted by atomic mass is 9.77. The first-order valence-corrected chi connectivity index (χ1v) is 25.6. The van der Waals surface area contributed by atoms with Crippen molar-refractivity contribution in [1.82, 2.24) is 10.6 Å². The lowest BCUT2D eigenvalue weighted by Gasteiger charge is -2.49.